The molecular formula is C7H9N3O2. The van der Waals surface area contributed by atoms with Gasteiger partial charge in [-0.15, -0.1) is 0 Å². The molecular weight excluding hydrogens is 158 g/mol. The van der Waals surface area contributed by atoms with Crippen LogP contribution in [0.15, 0.2) is 6.33 Å². The van der Waals surface area contributed by atoms with Gasteiger partial charge in [-0.1, -0.05) is 0 Å². The molecule has 0 aliphatic rings. The van der Waals surface area contributed by atoms with Gasteiger partial charge in [-0.2, -0.15) is 0 Å². The van der Waals surface area contributed by atoms with Crippen LogP contribution in [-0.4, -0.2) is 21.7 Å². The molecule has 5 heteroatoms. The van der Waals surface area contributed by atoms with Gasteiger partial charge in [0.1, 0.15) is 11.5 Å². The zero-order chi connectivity index (χ0) is 9.14. The van der Waals surface area contributed by atoms with Crippen molar-refractivity contribution in [2.24, 2.45) is 7.05 Å². The molecule has 12 heavy (non-hydrogen) atoms. The fourth-order valence-corrected chi connectivity index (χ4v) is 0.854. The summed E-state index contributed by atoms with van der Waals surface area (Å²) in [7, 11) is 1.70. The van der Waals surface area contributed by atoms with Crippen molar-refractivity contribution < 1.29 is 9.59 Å². The van der Waals surface area contributed by atoms with Crippen LogP contribution in [-0.2, 0) is 11.8 Å². The topological polar surface area (TPSA) is 64.0 Å². The van der Waals surface area contributed by atoms with Crippen LogP contribution in [0, 0.1) is 0 Å². The predicted octanol–water partition coefficient (Wildman–Crippen LogP) is 0.191. The van der Waals surface area contributed by atoms with Gasteiger partial charge >= 0.3 is 0 Å². The van der Waals surface area contributed by atoms with Gasteiger partial charge in [-0.25, -0.2) is 4.98 Å². The number of nitrogens with zero attached hydrogens (tertiary/aromatic N) is 2. The molecule has 0 radical (unpaired) electrons. The van der Waals surface area contributed by atoms with Crippen LogP contribution in [0.2, 0.25) is 0 Å². The predicted molar refractivity (Wildman–Crippen MR) is 42.9 cm³/mol. The molecule has 1 heterocycles. The molecule has 0 spiro atoms. The number of aldehydes is 1. The Morgan fingerprint density at radius 2 is 2.42 bits per heavy atom. The molecule has 1 aromatic rings. The van der Waals surface area contributed by atoms with E-state index in [1.54, 1.807) is 11.6 Å². The standard InChI is InChI=1S/C7H9N3O2/c1-5(12)9-7-6(3-11)8-4-10(7)2/h3-4H,1-2H3,(H,9,12). The van der Waals surface area contributed by atoms with Crippen molar-refractivity contribution in [3.63, 3.8) is 0 Å². The van der Waals surface area contributed by atoms with Crippen molar-refractivity contribution in [3.05, 3.63) is 12.0 Å². The van der Waals surface area contributed by atoms with Gasteiger partial charge in [0.25, 0.3) is 0 Å². The second kappa shape index (κ2) is 3.17. The van der Waals surface area contributed by atoms with Crippen LogP contribution in [0.25, 0.3) is 0 Å². The minimum absolute atomic E-state index is 0.221. The van der Waals surface area contributed by atoms with Crippen LogP contribution in [0.1, 0.15) is 17.4 Å². The van der Waals surface area contributed by atoms with Gasteiger partial charge in [0.15, 0.2) is 6.29 Å². The number of amides is 1. The maximum absolute atomic E-state index is 10.7. The van der Waals surface area contributed by atoms with E-state index < -0.39 is 0 Å². The summed E-state index contributed by atoms with van der Waals surface area (Å²) in [6.07, 6.45) is 2.07. The second-order valence-corrected chi connectivity index (χ2v) is 2.39. The normalized spacial score (nSPS) is 9.50. The SMILES string of the molecule is CC(=O)Nc1c(C=O)ncn1C. The number of imidazole rings is 1. The first-order valence-electron chi connectivity index (χ1n) is 3.39. The molecule has 0 atom stereocenters. The summed E-state index contributed by atoms with van der Waals surface area (Å²) in [6.45, 7) is 1.38. The van der Waals surface area contributed by atoms with E-state index in [9.17, 15) is 9.59 Å². The quantitative estimate of drug-likeness (QED) is 0.639. The Balaban J connectivity index is 3.01. The van der Waals surface area contributed by atoms with Gasteiger partial charge < -0.3 is 9.88 Å². The van der Waals surface area contributed by atoms with E-state index in [1.807, 2.05) is 0 Å². The van der Waals surface area contributed by atoms with Gasteiger partial charge in [0.2, 0.25) is 5.91 Å². The molecule has 0 saturated carbocycles. The van der Waals surface area contributed by atoms with Crippen molar-refractivity contribution >= 4 is 18.0 Å². The van der Waals surface area contributed by atoms with Crippen LogP contribution < -0.4 is 5.32 Å². The van der Waals surface area contributed by atoms with E-state index >= 15 is 0 Å². The van der Waals surface area contributed by atoms with Crippen LogP contribution in [0.5, 0.6) is 0 Å². The lowest BCUT2D eigenvalue weighted by Crippen LogP contribution is -2.10. The van der Waals surface area contributed by atoms with Gasteiger partial charge in [0, 0.05) is 14.0 Å². The van der Waals surface area contributed by atoms with E-state index in [1.165, 1.54) is 13.3 Å². The molecule has 1 N–H and O–H groups in total. The smallest absolute Gasteiger partial charge is 0.222 e. The highest BCUT2D eigenvalue weighted by molar-refractivity contribution is 5.92. The highest BCUT2D eigenvalue weighted by Gasteiger charge is 2.07. The van der Waals surface area contributed by atoms with E-state index in [-0.39, 0.29) is 11.6 Å². The Labute approximate surface area is 69.4 Å². The van der Waals surface area contributed by atoms with E-state index in [4.69, 9.17) is 0 Å². The first kappa shape index (κ1) is 8.45. The third kappa shape index (κ3) is 1.50. The van der Waals surface area contributed by atoms with Gasteiger partial charge in [-0.3, -0.25) is 9.59 Å². The Hall–Kier alpha value is -1.65. The minimum Gasteiger partial charge on any atom is -0.320 e. The zero-order valence-electron chi connectivity index (χ0n) is 6.87. The molecule has 1 amide bonds. The molecule has 0 unspecified atom stereocenters. The minimum atomic E-state index is -0.221. The number of carbonyl (C=O) groups is 2. The molecule has 1 aromatic heterocycles. The number of anilines is 1. The van der Waals surface area contributed by atoms with Crippen molar-refractivity contribution in [2.45, 2.75) is 6.92 Å². The number of aromatic nitrogens is 2. The van der Waals surface area contributed by atoms with Crippen molar-refractivity contribution in [1.29, 1.82) is 0 Å². The van der Waals surface area contributed by atoms with Crippen molar-refractivity contribution in [3.8, 4) is 0 Å². The van der Waals surface area contributed by atoms with E-state index in [0.717, 1.165) is 0 Å². The highest BCUT2D eigenvalue weighted by atomic mass is 16.1. The van der Waals surface area contributed by atoms with Gasteiger partial charge in [0.05, 0.1) is 6.33 Å². The zero-order valence-corrected chi connectivity index (χ0v) is 6.87. The number of aryl methyl sites for hydroxylation is 1. The molecule has 0 aliphatic carbocycles. The maximum Gasteiger partial charge on any atom is 0.222 e. The third-order valence-corrected chi connectivity index (χ3v) is 1.37. The van der Waals surface area contributed by atoms with Crippen molar-refractivity contribution in [2.75, 3.05) is 5.32 Å². The average molecular weight is 167 g/mol. The molecule has 64 valence electrons. The molecule has 0 fully saturated rings. The lowest BCUT2D eigenvalue weighted by Gasteiger charge is -2.01. The fourth-order valence-electron chi connectivity index (χ4n) is 0.854. The lowest BCUT2D eigenvalue weighted by molar-refractivity contribution is -0.114. The maximum atomic E-state index is 10.7. The number of hydrogen-bond donors (Lipinski definition) is 1. The van der Waals surface area contributed by atoms with E-state index in [0.29, 0.717) is 12.1 Å². The van der Waals surface area contributed by atoms with Crippen LogP contribution >= 0.6 is 0 Å². The number of hydrogen-bond acceptors (Lipinski definition) is 3. The summed E-state index contributed by atoms with van der Waals surface area (Å²) in [4.78, 5) is 24.8. The Morgan fingerprint density at radius 3 is 2.92 bits per heavy atom. The number of rotatable bonds is 2. The summed E-state index contributed by atoms with van der Waals surface area (Å²) in [5.41, 5.74) is 0.243. The van der Waals surface area contributed by atoms with Crippen molar-refractivity contribution in [1.82, 2.24) is 9.55 Å². The molecule has 1 rings (SSSR count). The van der Waals surface area contributed by atoms with Crippen LogP contribution in [0.3, 0.4) is 0 Å². The highest BCUT2D eigenvalue weighted by Crippen LogP contribution is 2.09. The monoisotopic (exact) mass is 167 g/mol. The second-order valence-electron chi connectivity index (χ2n) is 2.39. The average Bonchev–Trinajstić information content (AvgIpc) is 2.32. The lowest BCUT2D eigenvalue weighted by atomic mass is 10.4. The third-order valence-electron chi connectivity index (χ3n) is 1.37. The summed E-state index contributed by atoms with van der Waals surface area (Å²) in [5, 5.41) is 2.50. The molecule has 5 nitrogen and oxygen atoms in total. The first-order chi connectivity index (χ1) is 5.65. The molecule has 0 saturated heterocycles. The fraction of sp³-hybridized carbons (Fsp3) is 0.286. The summed E-state index contributed by atoms with van der Waals surface area (Å²) < 4.78 is 1.57. The summed E-state index contributed by atoms with van der Waals surface area (Å²) >= 11 is 0. The Bertz CT molecular complexity index is 316. The van der Waals surface area contributed by atoms with Crippen LogP contribution in [0.4, 0.5) is 5.82 Å². The molecule has 0 aromatic carbocycles. The molecule has 0 aliphatic heterocycles. The van der Waals surface area contributed by atoms with Gasteiger partial charge in [-0.05, 0) is 0 Å². The Morgan fingerprint density at radius 1 is 1.75 bits per heavy atom. The Kier molecular flexibility index (Phi) is 2.23. The molecule has 0 bridgehead atoms. The number of carbonyl (C=O) groups excluding carboxylic acids is 2. The van der Waals surface area contributed by atoms with E-state index in [2.05, 4.69) is 10.3 Å². The number of nitrogens with one attached hydrogen (secondary N) is 1. The summed E-state index contributed by atoms with van der Waals surface area (Å²) in [6, 6.07) is 0. The first-order valence-corrected chi connectivity index (χ1v) is 3.39. The largest absolute Gasteiger partial charge is 0.320 e. The summed E-state index contributed by atoms with van der Waals surface area (Å²) in [5.74, 6) is 0.208.